The first kappa shape index (κ1) is 50.1. The number of hydrogen-bond donors (Lipinski definition) is 2. The molecular weight excluding hydrogens is 771 g/mol. The first-order chi connectivity index (χ1) is 29.3. The van der Waals surface area contributed by atoms with E-state index in [1.807, 2.05) is 54.6 Å². The van der Waals surface area contributed by atoms with Crippen molar-refractivity contribution in [3.05, 3.63) is 160 Å². The smallest absolute Gasteiger partial charge is 0.168 e. The molecule has 0 bridgehead atoms. The van der Waals surface area contributed by atoms with Crippen LogP contribution in [0.1, 0.15) is 151 Å². The normalized spacial score (nSPS) is 12.1. The van der Waals surface area contributed by atoms with Gasteiger partial charge in [0.15, 0.2) is 11.6 Å². The summed E-state index contributed by atoms with van der Waals surface area (Å²) in [7, 11) is 0. The molecule has 328 valence electrons. The van der Waals surface area contributed by atoms with Crippen molar-refractivity contribution in [3.63, 3.8) is 0 Å². The topological polar surface area (TPSA) is 81.2 Å². The fourth-order valence-electron chi connectivity index (χ4n) is 5.79. The van der Waals surface area contributed by atoms with E-state index in [-0.39, 0.29) is 0 Å². The average molecular weight is 844 g/mol. The molecule has 2 aliphatic heterocycles. The number of thiazole rings is 1. The largest absolute Gasteiger partial charge is 0.490 e. The maximum absolute atomic E-state index is 5.55. The first-order valence-electron chi connectivity index (χ1n) is 22.0. The number of ether oxygens (including phenoxy) is 2. The molecule has 0 fully saturated rings. The Bertz CT molecular complexity index is 1850. The van der Waals surface area contributed by atoms with Crippen molar-refractivity contribution in [1.29, 1.82) is 0 Å². The van der Waals surface area contributed by atoms with Crippen LogP contribution in [0.3, 0.4) is 0 Å². The second kappa shape index (κ2) is 27.6. The molecule has 0 unspecified atom stereocenters. The van der Waals surface area contributed by atoms with Crippen LogP contribution in [0.5, 0.6) is 11.5 Å². The zero-order valence-corrected chi connectivity index (χ0v) is 39.8. The molecule has 61 heavy (non-hydrogen) atoms. The summed E-state index contributed by atoms with van der Waals surface area (Å²) in [6.07, 6.45) is 7.49. The van der Waals surface area contributed by atoms with E-state index in [0.717, 1.165) is 49.3 Å². The lowest BCUT2D eigenvalue weighted by Gasteiger charge is -2.20. The van der Waals surface area contributed by atoms with Gasteiger partial charge in [0.2, 0.25) is 0 Å². The fraction of sp³-hybridized carbons (Fsp3) is 0.415. The maximum atomic E-state index is 5.55. The molecule has 0 amide bonds. The minimum atomic E-state index is 0.503. The minimum Gasteiger partial charge on any atom is -0.490 e. The van der Waals surface area contributed by atoms with Gasteiger partial charge < -0.3 is 20.1 Å². The third-order valence-electron chi connectivity index (χ3n) is 9.87. The van der Waals surface area contributed by atoms with Gasteiger partial charge in [0.25, 0.3) is 0 Å². The third-order valence-corrected chi connectivity index (χ3v) is 10.9. The average Bonchev–Trinajstić information content (AvgIpc) is 3.84. The van der Waals surface area contributed by atoms with Crippen molar-refractivity contribution in [3.8, 4) is 11.5 Å². The van der Waals surface area contributed by atoms with Crippen LogP contribution in [0.15, 0.2) is 127 Å². The lowest BCUT2D eigenvalue weighted by atomic mass is 10.0. The lowest BCUT2D eigenvalue weighted by Crippen LogP contribution is -2.19. The van der Waals surface area contributed by atoms with Crippen LogP contribution < -0.4 is 20.1 Å². The fourth-order valence-corrected chi connectivity index (χ4v) is 6.43. The van der Waals surface area contributed by atoms with Gasteiger partial charge in [-0.05, 0) is 93.7 Å². The van der Waals surface area contributed by atoms with Crippen molar-refractivity contribution in [2.24, 2.45) is 0 Å². The Balaban J connectivity index is 0.000000197. The quantitative estimate of drug-likeness (QED) is 0.173. The van der Waals surface area contributed by atoms with Crippen molar-refractivity contribution >= 4 is 22.8 Å². The molecular formula is C53H73N5O2S. The van der Waals surface area contributed by atoms with Gasteiger partial charge in [-0.15, -0.1) is 11.3 Å². The number of pyridine rings is 2. The van der Waals surface area contributed by atoms with E-state index in [1.54, 1.807) is 11.3 Å². The number of hydrogen-bond acceptors (Lipinski definition) is 8. The number of nitrogens with zero attached hydrogens (tertiary/aromatic N) is 3. The molecule has 2 N–H and O–H groups in total. The molecule has 0 aliphatic carbocycles. The lowest BCUT2D eigenvalue weighted by molar-refractivity contribution is 0.321. The zero-order chi connectivity index (χ0) is 44.6. The predicted octanol–water partition coefficient (Wildman–Crippen LogP) is 14.7. The molecule has 0 radical (unpaired) electrons. The third kappa shape index (κ3) is 18.9. The molecule has 7 nitrogen and oxygen atoms in total. The number of rotatable bonds is 6. The monoisotopic (exact) mass is 844 g/mol. The Hall–Kier alpha value is -5.21. The van der Waals surface area contributed by atoms with Crippen LogP contribution in [0, 0.1) is 0 Å². The van der Waals surface area contributed by atoms with Crippen LogP contribution in [0.4, 0.5) is 11.5 Å². The Morgan fingerprint density at radius 3 is 1.41 bits per heavy atom. The van der Waals surface area contributed by atoms with Crippen molar-refractivity contribution in [2.75, 3.05) is 36.9 Å². The molecule has 0 atom stereocenters. The Morgan fingerprint density at radius 1 is 0.475 bits per heavy atom. The summed E-state index contributed by atoms with van der Waals surface area (Å²) in [6, 6.07) is 33.6. The summed E-state index contributed by atoms with van der Waals surface area (Å²) < 4.78 is 11.0. The maximum Gasteiger partial charge on any atom is 0.168 e. The molecule has 5 heterocycles. The van der Waals surface area contributed by atoms with Gasteiger partial charge in [0.05, 0.1) is 17.7 Å². The van der Waals surface area contributed by atoms with E-state index >= 15 is 0 Å². The number of fused-ring (bicyclic) bond motifs is 2. The van der Waals surface area contributed by atoms with Gasteiger partial charge in [0, 0.05) is 36.2 Å². The summed E-state index contributed by atoms with van der Waals surface area (Å²) in [5.41, 5.74) is 9.73. The van der Waals surface area contributed by atoms with E-state index in [4.69, 9.17) is 9.47 Å². The molecule has 0 spiro atoms. The Kier molecular flexibility index (Phi) is 22.7. The second-order valence-corrected chi connectivity index (χ2v) is 17.8. The van der Waals surface area contributed by atoms with E-state index in [9.17, 15) is 0 Å². The first-order valence-corrected chi connectivity index (χ1v) is 22.9. The predicted molar refractivity (Wildman–Crippen MR) is 262 cm³/mol. The summed E-state index contributed by atoms with van der Waals surface area (Å²) in [6.45, 7) is 29.5. The summed E-state index contributed by atoms with van der Waals surface area (Å²) in [4.78, 5) is 13.6. The molecule has 3 aromatic carbocycles. The highest BCUT2D eigenvalue weighted by molar-refractivity contribution is 7.09. The van der Waals surface area contributed by atoms with Crippen LogP contribution in [-0.2, 0) is 0 Å². The number of nitrogens with one attached hydrogen (secondary N) is 2. The standard InChI is InChI=1S/C11H15NO.C10H14N2O.2C9H12.C8H11N.C6H9NS/c1-8(2)9-3-4-10-11(7-9)13-6-5-12-10;1-7(2)8-5-9-10(12-6-8)11-3-4-13-9;2*1-8(2)9-6-4-3-5-7-9;1-7(2)8-3-5-9-6-4-8;1-5(2)6-3-7-4-8-6/h3-4,7-8,12H,5-6H2,1-2H3;5-7H,3-4H2,1-2H3,(H,11,12);2*3-8H,1-2H3;3-7H,1-2H3;3-5H,1-2H3. The zero-order valence-electron chi connectivity index (χ0n) is 39.0. The van der Waals surface area contributed by atoms with Gasteiger partial charge in [-0.1, -0.05) is 150 Å². The SMILES string of the molecule is CC(C)c1ccc2c(c1)OCCN2.CC(C)c1ccccc1.CC(C)c1ccccc1.CC(C)c1ccncc1.CC(C)c1cnc2c(c1)OCCN2.CC(C)c1cncs1. The highest BCUT2D eigenvalue weighted by atomic mass is 32.1. The molecule has 3 aromatic heterocycles. The van der Waals surface area contributed by atoms with Crippen molar-refractivity contribution in [2.45, 2.75) is 119 Å². The molecule has 8 heteroatoms. The van der Waals surface area contributed by atoms with E-state index < -0.39 is 0 Å². The van der Waals surface area contributed by atoms with Crippen molar-refractivity contribution < 1.29 is 9.47 Å². The Morgan fingerprint density at radius 2 is 0.967 bits per heavy atom. The number of aromatic nitrogens is 3. The molecule has 0 saturated heterocycles. The molecule has 0 saturated carbocycles. The molecule has 6 aromatic rings. The van der Waals surface area contributed by atoms with Crippen LogP contribution >= 0.6 is 11.3 Å². The van der Waals surface area contributed by atoms with E-state index in [0.29, 0.717) is 35.5 Å². The van der Waals surface area contributed by atoms with Crippen LogP contribution in [0.2, 0.25) is 0 Å². The van der Waals surface area contributed by atoms with Gasteiger partial charge in [-0.25, -0.2) is 4.98 Å². The highest BCUT2D eigenvalue weighted by Crippen LogP contribution is 2.31. The number of anilines is 2. The molecule has 8 rings (SSSR count). The number of benzene rings is 3. The van der Waals surface area contributed by atoms with Crippen LogP contribution in [-0.4, -0.2) is 41.3 Å². The summed E-state index contributed by atoms with van der Waals surface area (Å²) in [5.74, 6) is 6.40. The second-order valence-electron chi connectivity index (χ2n) is 16.9. The van der Waals surface area contributed by atoms with Crippen LogP contribution in [0.25, 0.3) is 0 Å². The van der Waals surface area contributed by atoms with E-state index in [2.05, 4.69) is 181 Å². The molecule has 2 aliphatic rings. The van der Waals surface area contributed by atoms with E-state index in [1.165, 1.54) is 32.7 Å². The Labute approximate surface area is 372 Å². The summed E-state index contributed by atoms with van der Waals surface area (Å²) >= 11 is 1.72. The highest BCUT2D eigenvalue weighted by Gasteiger charge is 2.13. The van der Waals surface area contributed by atoms with Gasteiger partial charge in [0.1, 0.15) is 19.0 Å². The van der Waals surface area contributed by atoms with Gasteiger partial charge >= 0.3 is 0 Å². The van der Waals surface area contributed by atoms with Crippen molar-refractivity contribution in [1.82, 2.24) is 15.0 Å². The summed E-state index contributed by atoms with van der Waals surface area (Å²) in [5, 5.41) is 6.50. The van der Waals surface area contributed by atoms with Gasteiger partial charge in [-0.3, -0.25) is 9.97 Å². The van der Waals surface area contributed by atoms with Gasteiger partial charge in [-0.2, -0.15) is 0 Å². The minimum absolute atomic E-state index is 0.503.